The van der Waals surface area contributed by atoms with E-state index in [1.807, 2.05) is 30.3 Å². The van der Waals surface area contributed by atoms with E-state index in [4.69, 9.17) is 9.47 Å². The molecule has 0 aromatic heterocycles. The summed E-state index contributed by atoms with van der Waals surface area (Å²) in [6.45, 7) is 5.02. The SMILES string of the molecule is CC(C)(C)OC(=O)CNC(=O)CC(=O)OCc1ccccc1. The molecule has 120 valence electrons. The molecular formula is C16H21NO5. The van der Waals surface area contributed by atoms with Crippen molar-refractivity contribution in [3.8, 4) is 0 Å². The molecule has 0 fully saturated rings. The molecule has 0 atom stereocenters. The van der Waals surface area contributed by atoms with Crippen LogP contribution in [0.15, 0.2) is 30.3 Å². The van der Waals surface area contributed by atoms with Crippen molar-refractivity contribution in [3.05, 3.63) is 35.9 Å². The minimum absolute atomic E-state index is 0.110. The molecule has 0 aliphatic rings. The molecule has 0 heterocycles. The Morgan fingerprint density at radius 2 is 1.68 bits per heavy atom. The summed E-state index contributed by atoms with van der Waals surface area (Å²) in [5.74, 6) is -1.78. The van der Waals surface area contributed by atoms with E-state index >= 15 is 0 Å². The summed E-state index contributed by atoms with van der Waals surface area (Å²) in [5.41, 5.74) is 0.223. The van der Waals surface area contributed by atoms with Gasteiger partial charge in [0.1, 0.15) is 25.2 Å². The first-order valence-corrected chi connectivity index (χ1v) is 6.94. The van der Waals surface area contributed by atoms with Crippen LogP contribution in [0.4, 0.5) is 0 Å². The standard InChI is InChI=1S/C16H21NO5/c1-16(2,3)22-15(20)10-17-13(18)9-14(19)21-11-12-7-5-4-6-8-12/h4-8H,9-11H2,1-3H3,(H,17,18). The molecule has 1 N–H and O–H groups in total. The quantitative estimate of drug-likeness (QED) is 0.637. The molecule has 0 aliphatic heterocycles. The van der Waals surface area contributed by atoms with Crippen LogP contribution in [0.5, 0.6) is 0 Å². The van der Waals surface area contributed by atoms with Gasteiger partial charge in [0.25, 0.3) is 0 Å². The van der Waals surface area contributed by atoms with Gasteiger partial charge in [-0.1, -0.05) is 30.3 Å². The van der Waals surface area contributed by atoms with Crippen molar-refractivity contribution in [1.82, 2.24) is 5.32 Å². The number of ether oxygens (including phenoxy) is 2. The Kier molecular flexibility index (Phi) is 6.56. The van der Waals surface area contributed by atoms with Crippen LogP contribution >= 0.6 is 0 Å². The third-order valence-electron chi connectivity index (χ3n) is 2.40. The maximum atomic E-state index is 11.5. The second kappa shape index (κ2) is 8.17. The lowest BCUT2D eigenvalue weighted by Gasteiger charge is -2.19. The van der Waals surface area contributed by atoms with Gasteiger partial charge >= 0.3 is 11.9 Å². The summed E-state index contributed by atoms with van der Waals surface area (Å²) < 4.78 is 10.00. The molecule has 1 amide bonds. The number of amides is 1. The molecule has 1 aromatic carbocycles. The molecule has 0 aliphatic carbocycles. The highest BCUT2D eigenvalue weighted by atomic mass is 16.6. The number of rotatable bonds is 6. The smallest absolute Gasteiger partial charge is 0.325 e. The number of nitrogens with one attached hydrogen (secondary N) is 1. The summed E-state index contributed by atoms with van der Waals surface area (Å²) in [6, 6.07) is 9.15. The van der Waals surface area contributed by atoms with Crippen molar-refractivity contribution in [2.45, 2.75) is 39.4 Å². The summed E-state index contributed by atoms with van der Waals surface area (Å²) in [5, 5.41) is 2.32. The summed E-state index contributed by atoms with van der Waals surface area (Å²) >= 11 is 0. The Morgan fingerprint density at radius 1 is 1.05 bits per heavy atom. The number of hydrogen-bond donors (Lipinski definition) is 1. The van der Waals surface area contributed by atoms with Gasteiger partial charge < -0.3 is 14.8 Å². The minimum atomic E-state index is -0.648. The van der Waals surface area contributed by atoms with Crippen LogP contribution in [0.3, 0.4) is 0 Å². The zero-order chi connectivity index (χ0) is 16.6. The first-order chi connectivity index (χ1) is 10.3. The lowest BCUT2D eigenvalue weighted by atomic mass is 10.2. The summed E-state index contributed by atoms with van der Waals surface area (Å²) in [4.78, 5) is 34.4. The van der Waals surface area contributed by atoms with E-state index in [1.165, 1.54) is 0 Å². The zero-order valence-electron chi connectivity index (χ0n) is 13.0. The van der Waals surface area contributed by atoms with E-state index in [1.54, 1.807) is 20.8 Å². The second-order valence-corrected chi connectivity index (χ2v) is 5.69. The summed E-state index contributed by atoms with van der Waals surface area (Å²) in [7, 11) is 0. The fourth-order valence-corrected chi connectivity index (χ4v) is 1.53. The van der Waals surface area contributed by atoms with Crippen molar-refractivity contribution < 1.29 is 23.9 Å². The normalized spacial score (nSPS) is 10.7. The number of hydrogen-bond acceptors (Lipinski definition) is 5. The van der Waals surface area contributed by atoms with Gasteiger partial charge in [0.05, 0.1) is 0 Å². The highest BCUT2D eigenvalue weighted by molar-refractivity contribution is 5.95. The molecule has 0 saturated carbocycles. The van der Waals surface area contributed by atoms with Crippen LogP contribution < -0.4 is 5.32 Å². The van der Waals surface area contributed by atoms with E-state index < -0.39 is 29.9 Å². The Morgan fingerprint density at radius 3 is 2.27 bits per heavy atom. The monoisotopic (exact) mass is 307 g/mol. The van der Waals surface area contributed by atoms with Crippen LogP contribution in [0.2, 0.25) is 0 Å². The number of benzene rings is 1. The molecule has 0 bridgehead atoms. The zero-order valence-corrected chi connectivity index (χ0v) is 13.0. The molecule has 0 unspecified atom stereocenters. The number of carbonyl (C=O) groups is 3. The highest BCUT2D eigenvalue weighted by Crippen LogP contribution is 2.06. The van der Waals surface area contributed by atoms with Crippen molar-refractivity contribution >= 4 is 17.8 Å². The van der Waals surface area contributed by atoms with Gasteiger partial charge in [-0.25, -0.2) is 0 Å². The van der Waals surface area contributed by atoms with Crippen LogP contribution in [0.1, 0.15) is 32.8 Å². The number of carbonyl (C=O) groups excluding carboxylic acids is 3. The topological polar surface area (TPSA) is 81.7 Å². The Balaban J connectivity index is 2.24. The molecular weight excluding hydrogens is 286 g/mol. The maximum Gasteiger partial charge on any atom is 0.325 e. The largest absolute Gasteiger partial charge is 0.460 e. The first-order valence-electron chi connectivity index (χ1n) is 6.94. The van der Waals surface area contributed by atoms with Gasteiger partial charge in [-0.3, -0.25) is 14.4 Å². The van der Waals surface area contributed by atoms with Crippen LogP contribution in [0, 0.1) is 0 Å². The van der Waals surface area contributed by atoms with Gasteiger partial charge in [0, 0.05) is 0 Å². The van der Waals surface area contributed by atoms with E-state index in [9.17, 15) is 14.4 Å². The lowest BCUT2D eigenvalue weighted by Crippen LogP contribution is -2.35. The van der Waals surface area contributed by atoms with E-state index in [0.29, 0.717) is 0 Å². The molecule has 22 heavy (non-hydrogen) atoms. The number of esters is 2. The highest BCUT2D eigenvalue weighted by Gasteiger charge is 2.17. The van der Waals surface area contributed by atoms with Crippen molar-refractivity contribution in [2.24, 2.45) is 0 Å². The average molecular weight is 307 g/mol. The predicted octanol–water partition coefficient (Wildman–Crippen LogP) is 1.58. The third-order valence-corrected chi connectivity index (χ3v) is 2.40. The fourth-order valence-electron chi connectivity index (χ4n) is 1.53. The molecule has 1 rings (SSSR count). The van der Waals surface area contributed by atoms with Gasteiger partial charge in [0.2, 0.25) is 5.91 Å². The Labute approximate surface area is 129 Å². The molecule has 0 spiro atoms. The maximum absolute atomic E-state index is 11.5. The van der Waals surface area contributed by atoms with Crippen LogP contribution in [0.25, 0.3) is 0 Å². The van der Waals surface area contributed by atoms with Crippen molar-refractivity contribution in [2.75, 3.05) is 6.54 Å². The van der Waals surface area contributed by atoms with Crippen LogP contribution in [-0.4, -0.2) is 30.0 Å². The molecule has 1 aromatic rings. The molecule has 0 radical (unpaired) electrons. The van der Waals surface area contributed by atoms with Gasteiger partial charge in [-0.15, -0.1) is 0 Å². The molecule has 6 heteroatoms. The van der Waals surface area contributed by atoms with Gasteiger partial charge in [-0.2, -0.15) is 0 Å². The van der Waals surface area contributed by atoms with Crippen molar-refractivity contribution in [1.29, 1.82) is 0 Å². The Hall–Kier alpha value is -2.37. The van der Waals surface area contributed by atoms with E-state index in [2.05, 4.69) is 5.32 Å². The first kappa shape index (κ1) is 17.7. The van der Waals surface area contributed by atoms with Gasteiger partial charge in [-0.05, 0) is 26.3 Å². The Bertz CT molecular complexity index is 519. The fraction of sp³-hybridized carbons (Fsp3) is 0.438. The molecule has 0 saturated heterocycles. The van der Waals surface area contributed by atoms with Crippen LogP contribution in [-0.2, 0) is 30.5 Å². The average Bonchev–Trinajstić information content (AvgIpc) is 2.42. The van der Waals surface area contributed by atoms with E-state index in [-0.39, 0.29) is 13.2 Å². The molecule has 6 nitrogen and oxygen atoms in total. The third kappa shape index (κ3) is 8.04. The van der Waals surface area contributed by atoms with Gasteiger partial charge in [0.15, 0.2) is 0 Å². The second-order valence-electron chi connectivity index (χ2n) is 5.69. The summed E-state index contributed by atoms with van der Waals surface area (Å²) in [6.07, 6.45) is -0.435. The van der Waals surface area contributed by atoms with Crippen molar-refractivity contribution in [3.63, 3.8) is 0 Å². The minimum Gasteiger partial charge on any atom is -0.460 e. The lowest BCUT2D eigenvalue weighted by molar-refractivity contribution is -0.155. The van der Waals surface area contributed by atoms with E-state index in [0.717, 1.165) is 5.56 Å². The predicted molar refractivity (Wildman–Crippen MR) is 79.7 cm³/mol.